The van der Waals surface area contributed by atoms with Gasteiger partial charge in [-0.15, -0.1) is 0 Å². The van der Waals surface area contributed by atoms with Crippen molar-refractivity contribution >= 4 is 5.78 Å². The number of halogens is 1. The van der Waals surface area contributed by atoms with Gasteiger partial charge in [0.05, 0.1) is 23.7 Å². The molecule has 1 aromatic carbocycles. The van der Waals surface area contributed by atoms with Gasteiger partial charge in [-0.3, -0.25) is 4.79 Å². The molecule has 0 atom stereocenters. The molecule has 0 aromatic heterocycles. The first-order valence-corrected chi connectivity index (χ1v) is 6.70. The molecule has 0 N–H and O–H groups in total. The molecule has 0 saturated heterocycles. The third-order valence-electron chi connectivity index (χ3n) is 3.09. The van der Waals surface area contributed by atoms with E-state index < -0.39 is 5.82 Å². The zero-order chi connectivity index (χ0) is 15.2. The SMILES string of the molecule is CC(=O)c1ccc(OCCCCC(C)(C)C#N)cc1F. The maximum atomic E-state index is 13.5. The van der Waals surface area contributed by atoms with Gasteiger partial charge < -0.3 is 4.74 Å². The molecule has 0 aliphatic heterocycles. The topological polar surface area (TPSA) is 50.1 Å². The average Bonchev–Trinajstić information content (AvgIpc) is 2.38. The van der Waals surface area contributed by atoms with Crippen LogP contribution >= 0.6 is 0 Å². The van der Waals surface area contributed by atoms with Gasteiger partial charge in [0, 0.05) is 6.07 Å². The fourth-order valence-corrected chi connectivity index (χ4v) is 1.79. The zero-order valence-corrected chi connectivity index (χ0v) is 12.2. The summed E-state index contributed by atoms with van der Waals surface area (Å²) in [5.41, 5.74) is -0.233. The lowest BCUT2D eigenvalue weighted by atomic mass is 9.89. The van der Waals surface area contributed by atoms with Crippen molar-refractivity contribution in [2.75, 3.05) is 6.61 Å². The lowest BCUT2D eigenvalue weighted by Crippen LogP contribution is -2.08. The monoisotopic (exact) mass is 277 g/mol. The number of nitriles is 1. The third-order valence-corrected chi connectivity index (χ3v) is 3.09. The summed E-state index contributed by atoms with van der Waals surface area (Å²) >= 11 is 0. The van der Waals surface area contributed by atoms with E-state index in [1.807, 2.05) is 13.8 Å². The van der Waals surface area contributed by atoms with E-state index in [9.17, 15) is 9.18 Å². The van der Waals surface area contributed by atoms with Crippen LogP contribution in [0.2, 0.25) is 0 Å². The molecule has 0 fully saturated rings. The maximum Gasteiger partial charge on any atom is 0.162 e. The molecule has 4 heteroatoms. The second-order valence-corrected chi connectivity index (χ2v) is 5.50. The molecular weight excluding hydrogens is 257 g/mol. The van der Waals surface area contributed by atoms with E-state index in [2.05, 4.69) is 6.07 Å². The third kappa shape index (κ3) is 5.00. The van der Waals surface area contributed by atoms with E-state index in [-0.39, 0.29) is 16.8 Å². The highest BCUT2D eigenvalue weighted by molar-refractivity contribution is 5.94. The molecule has 0 unspecified atom stereocenters. The van der Waals surface area contributed by atoms with Gasteiger partial charge in [-0.1, -0.05) is 0 Å². The Bertz CT molecular complexity index is 518. The number of Topliss-reactive ketones (excluding diaryl/α,β-unsaturated/α-hetero) is 1. The molecule has 1 aromatic rings. The van der Waals surface area contributed by atoms with Crippen LogP contribution in [0, 0.1) is 22.6 Å². The smallest absolute Gasteiger partial charge is 0.162 e. The van der Waals surface area contributed by atoms with Gasteiger partial charge in [0.25, 0.3) is 0 Å². The summed E-state index contributed by atoms with van der Waals surface area (Å²) < 4.78 is 19.0. The van der Waals surface area contributed by atoms with Crippen LogP contribution in [0.1, 0.15) is 50.4 Å². The van der Waals surface area contributed by atoms with Crippen molar-refractivity contribution in [1.29, 1.82) is 5.26 Å². The molecule has 3 nitrogen and oxygen atoms in total. The fraction of sp³-hybridized carbons (Fsp3) is 0.500. The van der Waals surface area contributed by atoms with E-state index in [1.165, 1.54) is 19.1 Å². The number of nitrogens with zero attached hydrogens (tertiary/aromatic N) is 1. The predicted octanol–water partition coefficient (Wildman–Crippen LogP) is 4.13. The number of ether oxygens (including phenoxy) is 1. The number of ketones is 1. The van der Waals surface area contributed by atoms with Crippen LogP contribution in [0.4, 0.5) is 4.39 Å². The van der Waals surface area contributed by atoms with Gasteiger partial charge in [0.15, 0.2) is 5.78 Å². The number of unbranched alkanes of at least 4 members (excludes halogenated alkanes) is 1. The lowest BCUT2D eigenvalue weighted by molar-refractivity contribution is 0.101. The molecule has 1 rings (SSSR count). The van der Waals surface area contributed by atoms with Crippen LogP contribution in [0.25, 0.3) is 0 Å². The Morgan fingerprint density at radius 3 is 2.65 bits per heavy atom. The van der Waals surface area contributed by atoms with Gasteiger partial charge in [0.2, 0.25) is 0 Å². The summed E-state index contributed by atoms with van der Waals surface area (Å²) in [5.74, 6) is -0.430. The Kier molecular flexibility index (Phi) is 5.69. The maximum absolute atomic E-state index is 13.5. The van der Waals surface area contributed by atoms with Crippen molar-refractivity contribution in [1.82, 2.24) is 0 Å². The molecule has 0 saturated carbocycles. The van der Waals surface area contributed by atoms with Crippen molar-refractivity contribution in [3.63, 3.8) is 0 Å². The van der Waals surface area contributed by atoms with Gasteiger partial charge in [-0.05, 0) is 52.2 Å². The summed E-state index contributed by atoms with van der Waals surface area (Å²) in [7, 11) is 0. The van der Waals surface area contributed by atoms with E-state index in [1.54, 1.807) is 6.07 Å². The number of hydrogen-bond acceptors (Lipinski definition) is 3. The Morgan fingerprint density at radius 1 is 1.40 bits per heavy atom. The van der Waals surface area contributed by atoms with Crippen LogP contribution in [-0.2, 0) is 0 Å². The van der Waals surface area contributed by atoms with Gasteiger partial charge in [0.1, 0.15) is 11.6 Å². The predicted molar refractivity (Wildman–Crippen MR) is 75.1 cm³/mol. The van der Waals surface area contributed by atoms with Crippen molar-refractivity contribution in [3.05, 3.63) is 29.6 Å². The molecule has 0 bridgehead atoms. The molecule has 0 spiro atoms. The molecule has 0 aliphatic rings. The van der Waals surface area contributed by atoms with Gasteiger partial charge in [-0.2, -0.15) is 5.26 Å². The van der Waals surface area contributed by atoms with E-state index in [0.29, 0.717) is 12.4 Å². The number of rotatable bonds is 7. The van der Waals surface area contributed by atoms with Gasteiger partial charge >= 0.3 is 0 Å². The highest BCUT2D eigenvalue weighted by Crippen LogP contribution is 2.22. The molecule has 0 radical (unpaired) electrons. The lowest BCUT2D eigenvalue weighted by Gasteiger charge is -2.14. The van der Waals surface area contributed by atoms with Gasteiger partial charge in [-0.25, -0.2) is 4.39 Å². The molecule has 108 valence electrons. The molecule has 0 heterocycles. The molecule has 0 aliphatic carbocycles. The second kappa shape index (κ2) is 7.04. The zero-order valence-electron chi connectivity index (χ0n) is 12.2. The number of benzene rings is 1. The first-order valence-electron chi connectivity index (χ1n) is 6.70. The van der Waals surface area contributed by atoms with Crippen molar-refractivity contribution in [3.8, 4) is 11.8 Å². The first-order chi connectivity index (χ1) is 9.35. The average molecular weight is 277 g/mol. The minimum atomic E-state index is -0.555. The van der Waals surface area contributed by atoms with Crippen LogP contribution in [0.3, 0.4) is 0 Å². The summed E-state index contributed by atoms with van der Waals surface area (Å²) in [6, 6.07) is 6.52. The summed E-state index contributed by atoms with van der Waals surface area (Å²) in [5, 5.41) is 8.88. The van der Waals surface area contributed by atoms with Crippen LogP contribution < -0.4 is 4.74 Å². The summed E-state index contributed by atoms with van der Waals surface area (Å²) in [6.07, 6.45) is 2.50. The molecule has 20 heavy (non-hydrogen) atoms. The fourth-order valence-electron chi connectivity index (χ4n) is 1.79. The van der Waals surface area contributed by atoms with E-state index in [4.69, 9.17) is 10.00 Å². The number of carbonyl (C=O) groups excluding carboxylic acids is 1. The van der Waals surface area contributed by atoms with Crippen LogP contribution in [0.15, 0.2) is 18.2 Å². The minimum Gasteiger partial charge on any atom is -0.493 e. The number of carbonyl (C=O) groups is 1. The second-order valence-electron chi connectivity index (χ2n) is 5.50. The highest BCUT2D eigenvalue weighted by Gasteiger charge is 2.15. The number of hydrogen-bond donors (Lipinski definition) is 0. The Balaban J connectivity index is 2.38. The Labute approximate surface area is 119 Å². The first kappa shape index (κ1) is 16.2. The largest absolute Gasteiger partial charge is 0.493 e. The summed E-state index contributed by atoms with van der Waals surface area (Å²) in [4.78, 5) is 11.1. The normalized spacial score (nSPS) is 10.9. The Morgan fingerprint density at radius 2 is 2.10 bits per heavy atom. The highest BCUT2D eigenvalue weighted by atomic mass is 19.1. The van der Waals surface area contributed by atoms with Crippen LogP contribution in [0.5, 0.6) is 5.75 Å². The van der Waals surface area contributed by atoms with Crippen LogP contribution in [-0.4, -0.2) is 12.4 Å². The standard InChI is InChI=1S/C16H20FNO2/c1-12(19)14-7-6-13(10-15(14)17)20-9-5-4-8-16(2,3)11-18/h6-7,10H,4-5,8-9H2,1-3H3. The summed E-state index contributed by atoms with van der Waals surface area (Å²) in [6.45, 7) is 5.61. The van der Waals surface area contributed by atoms with Crippen molar-refractivity contribution < 1.29 is 13.9 Å². The van der Waals surface area contributed by atoms with E-state index >= 15 is 0 Å². The molecular formula is C16H20FNO2. The van der Waals surface area contributed by atoms with E-state index in [0.717, 1.165) is 19.3 Å². The quantitative estimate of drug-likeness (QED) is 0.556. The Hall–Kier alpha value is -1.89. The minimum absolute atomic E-state index is 0.0770. The van der Waals surface area contributed by atoms with Crippen molar-refractivity contribution in [2.24, 2.45) is 5.41 Å². The molecule has 0 amide bonds. The van der Waals surface area contributed by atoms with Crippen molar-refractivity contribution in [2.45, 2.75) is 40.0 Å².